The molecule has 0 spiro atoms. The fourth-order valence-corrected chi connectivity index (χ4v) is 5.20. The molecule has 12 heavy (non-hydrogen) atoms. The summed E-state index contributed by atoms with van der Waals surface area (Å²) >= 11 is 0. The second-order valence-corrected chi connectivity index (χ2v) is 23.6. The summed E-state index contributed by atoms with van der Waals surface area (Å²) < 4.78 is 0. The van der Waals surface area contributed by atoms with Gasteiger partial charge in [-0.15, -0.1) is 0 Å². The standard InChI is InChI=1S/C9H18Si3/c1-11-12(10)8-7-9-5-3-2-4-6-9/h2-6,12H,7-8,11H2,1,10H3. The van der Waals surface area contributed by atoms with Gasteiger partial charge in [-0.05, 0) is 21.7 Å². The minimum Gasteiger partial charge on any atom is -0.0771 e. The molecule has 0 amide bonds. The Labute approximate surface area is 81.8 Å². The van der Waals surface area contributed by atoms with Crippen LogP contribution in [0.3, 0.4) is 0 Å². The summed E-state index contributed by atoms with van der Waals surface area (Å²) in [6.45, 7) is 2.49. The third-order valence-electron chi connectivity index (χ3n) is 2.47. The smallest absolute Gasteiger partial charge is 0.00920 e. The number of aryl methyl sites for hydroxylation is 1. The number of hydrogen-bond donors (Lipinski definition) is 0. The van der Waals surface area contributed by atoms with Crippen molar-refractivity contribution in [2.45, 2.75) is 19.0 Å². The van der Waals surface area contributed by atoms with E-state index in [0.717, 1.165) is 0 Å². The summed E-state index contributed by atoms with van der Waals surface area (Å²) in [6.07, 6.45) is 1.36. The van der Waals surface area contributed by atoms with Crippen molar-refractivity contribution in [3.63, 3.8) is 0 Å². The van der Waals surface area contributed by atoms with E-state index in [2.05, 4.69) is 36.9 Å². The van der Waals surface area contributed by atoms with E-state index in [1.807, 2.05) is 0 Å². The maximum atomic E-state index is 2.49. The fraction of sp³-hybridized carbons (Fsp3) is 0.333. The zero-order valence-electron chi connectivity index (χ0n) is 8.09. The van der Waals surface area contributed by atoms with E-state index >= 15 is 0 Å². The van der Waals surface area contributed by atoms with Crippen LogP contribution in [0.15, 0.2) is 30.3 Å². The van der Waals surface area contributed by atoms with Crippen molar-refractivity contribution < 1.29 is 0 Å². The molecule has 0 aliphatic rings. The monoisotopic (exact) mass is 210 g/mol. The Balaban J connectivity index is 2.33. The lowest BCUT2D eigenvalue weighted by Crippen LogP contribution is -2.20. The van der Waals surface area contributed by atoms with Crippen LogP contribution in [0.4, 0.5) is 0 Å². The number of rotatable bonds is 4. The van der Waals surface area contributed by atoms with Gasteiger partial charge in [-0.25, -0.2) is 0 Å². The Morgan fingerprint density at radius 1 is 1.33 bits per heavy atom. The molecule has 0 aliphatic carbocycles. The molecular formula is C9H18Si3. The molecule has 1 unspecified atom stereocenters. The molecule has 0 aromatic heterocycles. The zero-order valence-corrected chi connectivity index (χ0v) is 12.7. The van der Waals surface area contributed by atoms with Crippen LogP contribution >= 0.6 is 0 Å². The average molecular weight is 211 g/mol. The van der Waals surface area contributed by atoms with Gasteiger partial charge in [0.1, 0.15) is 0 Å². The van der Waals surface area contributed by atoms with E-state index < -0.39 is 0 Å². The van der Waals surface area contributed by atoms with Gasteiger partial charge in [-0.1, -0.05) is 42.9 Å². The van der Waals surface area contributed by atoms with Gasteiger partial charge in [0.25, 0.3) is 0 Å². The predicted molar refractivity (Wildman–Crippen MR) is 66.4 cm³/mol. The van der Waals surface area contributed by atoms with Gasteiger partial charge in [0.15, 0.2) is 0 Å². The van der Waals surface area contributed by atoms with Crippen molar-refractivity contribution >= 4 is 26.6 Å². The van der Waals surface area contributed by atoms with Crippen LogP contribution in [0, 0.1) is 0 Å². The van der Waals surface area contributed by atoms with E-state index in [0.29, 0.717) is 9.04 Å². The Kier molecular flexibility index (Phi) is 4.57. The summed E-state index contributed by atoms with van der Waals surface area (Å²) in [5, 5.41) is 0. The van der Waals surface area contributed by atoms with Crippen LogP contribution in [0.2, 0.25) is 12.6 Å². The Hall–Kier alpha value is -0.129. The maximum absolute atomic E-state index is 2.49. The van der Waals surface area contributed by atoms with Crippen molar-refractivity contribution in [3.8, 4) is 0 Å². The quantitative estimate of drug-likeness (QED) is 0.616. The molecule has 1 aromatic rings. The van der Waals surface area contributed by atoms with Crippen LogP contribution in [0.1, 0.15) is 5.56 Å². The van der Waals surface area contributed by atoms with Gasteiger partial charge < -0.3 is 0 Å². The molecular weight excluding hydrogens is 192 g/mol. The predicted octanol–water partition coefficient (Wildman–Crippen LogP) is 0.0319. The lowest BCUT2D eigenvalue weighted by atomic mass is 10.2. The zero-order chi connectivity index (χ0) is 8.81. The van der Waals surface area contributed by atoms with E-state index in [9.17, 15) is 0 Å². The van der Waals surface area contributed by atoms with Gasteiger partial charge >= 0.3 is 0 Å². The molecule has 0 aliphatic heterocycles. The number of benzene rings is 1. The molecule has 0 bridgehead atoms. The first kappa shape index (κ1) is 9.95. The van der Waals surface area contributed by atoms with Crippen molar-refractivity contribution in [2.75, 3.05) is 0 Å². The topological polar surface area (TPSA) is 0 Å². The Morgan fingerprint density at radius 3 is 2.58 bits per heavy atom. The highest BCUT2D eigenvalue weighted by molar-refractivity contribution is 7.34. The molecule has 1 rings (SSSR count). The molecule has 0 saturated heterocycles. The third kappa shape index (κ3) is 3.51. The first-order chi connectivity index (χ1) is 5.83. The molecule has 1 atom stereocenters. The maximum Gasteiger partial charge on any atom is 0.00920 e. The van der Waals surface area contributed by atoms with Gasteiger partial charge in [0.05, 0.1) is 0 Å². The molecule has 0 saturated carbocycles. The fourth-order valence-electron chi connectivity index (χ4n) is 1.26. The summed E-state index contributed by atoms with van der Waals surface area (Å²) in [4.78, 5) is 0. The lowest BCUT2D eigenvalue weighted by molar-refractivity contribution is 1.13. The highest BCUT2D eigenvalue weighted by Crippen LogP contribution is 2.03. The molecule has 0 heterocycles. The van der Waals surface area contributed by atoms with Crippen molar-refractivity contribution in [1.29, 1.82) is 0 Å². The van der Waals surface area contributed by atoms with Gasteiger partial charge in [0, 0.05) is 16.9 Å². The van der Waals surface area contributed by atoms with Crippen LogP contribution in [0.5, 0.6) is 0 Å². The SMILES string of the molecule is C[SiH2][SiH]([SiH3])CCc1ccccc1. The van der Waals surface area contributed by atoms with Crippen molar-refractivity contribution in [3.05, 3.63) is 35.9 Å². The molecule has 1 aromatic carbocycles. The van der Waals surface area contributed by atoms with E-state index in [1.165, 1.54) is 6.42 Å². The van der Waals surface area contributed by atoms with E-state index in [-0.39, 0.29) is 7.83 Å². The second kappa shape index (κ2) is 5.50. The normalized spacial score (nSPS) is 14.1. The minimum atomic E-state index is -0.0733. The minimum absolute atomic E-state index is 0.0733. The summed E-state index contributed by atoms with van der Waals surface area (Å²) in [6, 6.07) is 12.5. The number of hydrogen-bond acceptors (Lipinski definition) is 0. The molecule has 66 valence electrons. The average Bonchev–Trinajstić information content (AvgIpc) is 2.16. The van der Waals surface area contributed by atoms with Crippen LogP contribution < -0.4 is 0 Å². The third-order valence-corrected chi connectivity index (χ3v) is 19.6. The second-order valence-electron chi connectivity index (χ2n) is 3.54. The van der Waals surface area contributed by atoms with Crippen molar-refractivity contribution in [2.24, 2.45) is 0 Å². The highest BCUT2D eigenvalue weighted by atomic mass is 29.5. The summed E-state index contributed by atoms with van der Waals surface area (Å²) in [5.41, 5.74) is 1.55. The van der Waals surface area contributed by atoms with Crippen LogP contribution in [0.25, 0.3) is 0 Å². The summed E-state index contributed by atoms with van der Waals surface area (Å²) in [5.74, 6) is 0. The van der Waals surface area contributed by atoms with Crippen LogP contribution in [-0.2, 0) is 6.42 Å². The molecule has 0 N–H and O–H groups in total. The van der Waals surface area contributed by atoms with E-state index in [4.69, 9.17) is 0 Å². The molecule has 0 nitrogen and oxygen atoms in total. The van der Waals surface area contributed by atoms with Crippen molar-refractivity contribution in [1.82, 2.24) is 0 Å². The molecule has 0 fully saturated rings. The largest absolute Gasteiger partial charge is 0.0771 e. The first-order valence-electron chi connectivity index (χ1n) is 4.87. The lowest BCUT2D eigenvalue weighted by Gasteiger charge is -2.05. The summed E-state index contributed by atoms with van der Waals surface area (Å²) in [7, 11) is 1.90. The molecule has 0 radical (unpaired) electrons. The van der Waals surface area contributed by atoms with Gasteiger partial charge in [0.2, 0.25) is 0 Å². The Bertz CT molecular complexity index is 210. The first-order valence-corrected chi connectivity index (χ1v) is 15.0. The van der Waals surface area contributed by atoms with E-state index in [1.54, 1.807) is 21.4 Å². The van der Waals surface area contributed by atoms with Gasteiger partial charge in [-0.2, -0.15) is 0 Å². The van der Waals surface area contributed by atoms with Gasteiger partial charge in [-0.3, -0.25) is 0 Å². The molecule has 3 heteroatoms. The van der Waals surface area contributed by atoms with Crippen LogP contribution in [-0.4, -0.2) is 26.6 Å². The highest BCUT2D eigenvalue weighted by Gasteiger charge is 2.00. The Morgan fingerprint density at radius 2 is 2.00 bits per heavy atom.